The normalized spacial score (nSPS) is 12.2. The first-order valence-electron chi connectivity index (χ1n) is 6.49. The summed E-state index contributed by atoms with van der Waals surface area (Å²) in [6, 6.07) is 7.41. The van der Waals surface area contributed by atoms with Gasteiger partial charge >= 0.3 is 0 Å². The van der Waals surface area contributed by atoms with Crippen molar-refractivity contribution in [3.8, 4) is 0 Å². The van der Waals surface area contributed by atoms with Gasteiger partial charge in [-0.1, -0.05) is 32.9 Å². The summed E-state index contributed by atoms with van der Waals surface area (Å²) in [5.74, 6) is -0.337. The molecule has 0 atom stereocenters. The molecule has 0 unspecified atom stereocenters. The quantitative estimate of drug-likeness (QED) is 0.805. The Bertz CT molecular complexity index is 557. The highest BCUT2D eigenvalue weighted by molar-refractivity contribution is 7.89. The van der Waals surface area contributed by atoms with Gasteiger partial charge in [0, 0.05) is 12.1 Å². The van der Waals surface area contributed by atoms with E-state index in [0.29, 0.717) is 12.0 Å². The monoisotopic (exact) mass is 298 g/mol. The molecule has 112 valence electrons. The van der Waals surface area contributed by atoms with Crippen LogP contribution in [0, 0.1) is 0 Å². The largest absolute Gasteiger partial charge is 0.352 e. The molecule has 5 nitrogen and oxygen atoms in total. The Morgan fingerprint density at radius 3 is 2.20 bits per heavy atom. The Labute approximate surface area is 120 Å². The third-order valence-corrected chi connectivity index (χ3v) is 3.76. The van der Waals surface area contributed by atoms with Crippen molar-refractivity contribution in [3.05, 3.63) is 35.4 Å². The maximum absolute atomic E-state index is 11.8. The summed E-state index contributed by atoms with van der Waals surface area (Å²) in [5, 5.41) is 7.55. The summed E-state index contributed by atoms with van der Waals surface area (Å²) in [6.07, 6.45) is 0.310. The standard InChI is InChI=1S/C14H22N2O3S/c1-14(2,3)12-7-5-11(6-8-12)13(17)16-9-4-10-20(15,18)19/h5-8H,4,9-10H2,1-3H3,(H,16,17)(H2,15,18,19). The zero-order valence-electron chi connectivity index (χ0n) is 12.1. The Morgan fingerprint density at radius 1 is 1.20 bits per heavy atom. The fourth-order valence-electron chi connectivity index (χ4n) is 1.70. The van der Waals surface area contributed by atoms with Crippen LogP contribution in [0.25, 0.3) is 0 Å². The average molecular weight is 298 g/mol. The molecule has 0 heterocycles. The molecule has 20 heavy (non-hydrogen) atoms. The Hall–Kier alpha value is -1.40. The topological polar surface area (TPSA) is 89.3 Å². The van der Waals surface area contributed by atoms with Crippen molar-refractivity contribution in [1.82, 2.24) is 5.32 Å². The molecule has 0 aliphatic heterocycles. The fourth-order valence-corrected chi connectivity index (χ4v) is 2.25. The summed E-state index contributed by atoms with van der Waals surface area (Å²) < 4.78 is 21.5. The number of hydrogen-bond donors (Lipinski definition) is 2. The molecule has 0 radical (unpaired) electrons. The second kappa shape index (κ2) is 6.37. The van der Waals surface area contributed by atoms with Gasteiger partial charge in [-0.3, -0.25) is 4.79 Å². The molecule has 1 aromatic rings. The number of amides is 1. The van der Waals surface area contributed by atoms with E-state index in [4.69, 9.17) is 5.14 Å². The van der Waals surface area contributed by atoms with E-state index in [1.54, 1.807) is 12.1 Å². The molecule has 1 amide bonds. The fraction of sp³-hybridized carbons (Fsp3) is 0.500. The van der Waals surface area contributed by atoms with Gasteiger partial charge in [0.25, 0.3) is 5.91 Å². The number of nitrogens with two attached hydrogens (primary N) is 1. The molecule has 0 saturated heterocycles. The molecule has 0 spiro atoms. The molecule has 0 bridgehead atoms. The van der Waals surface area contributed by atoms with E-state index in [0.717, 1.165) is 5.56 Å². The van der Waals surface area contributed by atoms with Crippen LogP contribution in [0.4, 0.5) is 0 Å². The Kier molecular flexibility index (Phi) is 5.30. The molecule has 0 aliphatic carbocycles. The molecule has 3 N–H and O–H groups in total. The number of benzene rings is 1. The maximum Gasteiger partial charge on any atom is 0.251 e. The number of primary sulfonamides is 1. The van der Waals surface area contributed by atoms with E-state index in [1.165, 1.54) is 0 Å². The number of nitrogens with one attached hydrogen (secondary N) is 1. The number of carbonyl (C=O) groups excluding carboxylic acids is 1. The predicted molar refractivity (Wildman–Crippen MR) is 80.1 cm³/mol. The smallest absolute Gasteiger partial charge is 0.251 e. The highest BCUT2D eigenvalue weighted by Gasteiger charge is 2.14. The minimum atomic E-state index is -3.46. The molecule has 0 saturated carbocycles. The molecular formula is C14H22N2O3S. The highest BCUT2D eigenvalue weighted by atomic mass is 32.2. The number of carbonyl (C=O) groups is 1. The number of sulfonamides is 1. The van der Waals surface area contributed by atoms with E-state index in [9.17, 15) is 13.2 Å². The first-order chi connectivity index (χ1) is 9.09. The lowest BCUT2D eigenvalue weighted by Gasteiger charge is -2.19. The van der Waals surface area contributed by atoms with Crippen molar-refractivity contribution < 1.29 is 13.2 Å². The van der Waals surface area contributed by atoms with Gasteiger partial charge in [-0.15, -0.1) is 0 Å². The van der Waals surface area contributed by atoms with Crippen LogP contribution < -0.4 is 10.5 Å². The van der Waals surface area contributed by atoms with Gasteiger partial charge in [0.05, 0.1) is 5.75 Å². The van der Waals surface area contributed by atoms with E-state index in [-0.39, 0.29) is 23.6 Å². The van der Waals surface area contributed by atoms with E-state index in [1.807, 2.05) is 12.1 Å². The summed E-state index contributed by atoms with van der Waals surface area (Å²) in [4.78, 5) is 11.8. The number of hydrogen-bond acceptors (Lipinski definition) is 3. The predicted octanol–water partition coefficient (Wildman–Crippen LogP) is 1.39. The van der Waals surface area contributed by atoms with Crippen LogP contribution in [0.15, 0.2) is 24.3 Å². The summed E-state index contributed by atoms with van der Waals surface area (Å²) in [5.41, 5.74) is 1.77. The van der Waals surface area contributed by atoms with Crippen molar-refractivity contribution in [2.75, 3.05) is 12.3 Å². The zero-order chi connectivity index (χ0) is 15.4. The van der Waals surface area contributed by atoms with Crippen LogP contribution in [0.1, 0.15) is 43.1 Å². The molecule has 0 aliphatic rings. The van der Waals surface area contributed by atoms with Gasteiger partial charge in [-0.2, -0.15) is 0 Å². The van der Waals surface area contributed by atoms with Gasteiger partial charge in [-0.25, -0.2) is 13.6 Å². The van der Waals surface area contributed by atoms with Gasteiger partial charge in [0.1, 0.15) is 0 Å². The summed E-state index contributed by atoms with van der Waals surface area (Å²) in [7, 11) is -3.46. The van der Waals surface area contributed by atoms with Crippen LogP contribution in [0.2, 0.25) is 0 Å². The number of rotatable bonds is 5. The van der Waals surface area contributed by atoms with Crippen molar-refractivity contribution in [3.63, 3.8) is 0 Å². The van der Waals surface area contributed by atoms with E-state index < -0.39 is 10.0 Å². The minimum absolute atomic E-state index is 0.0461. The van der Waals surface area contributed by atoms with Gasteiger partial charge in [0.15, 0.2) is 0 Å². The van der Waals surface area contributed by atoms with Gasteiger partial charge < -0.3 is 5.32 Å². The minimum Gasteiger partial charge on any atom is -0.352 e. The summed E-state index contributed by atoms with van der Waals surface area (Å²) >= 11 is 0. The van der Waals surface area contributed by atoms with Crippen LogP contribution in [0.3, 0.4) is 0 Å². The first-order valence-corrected chi connectivity index (χ1v) is 8.20. The molecule has 1 rings (SSSR count). The second-order valence-corrected chi connectivity index (χ2v) is 7.54. The molecule has 1 aromatic carbocycles. The van der Waals surface area contributed by atoms with Crippen LogP contribution >= 0.6 is 0 Å². The van der Waals surface area contributed by atoms with Crippen LogP contribution in [0.5, 0.6) is 0 Å². The average Bonchev–Trinajstić information content (AvgIpc) is 2.32. The molecule has 0 aromatic heterocycles. The lowest BCUT2D eigenvalue weighted by atomic mass is 9.87. The molecular weight excluding hydrogens is 276 g/mol. The second-order valence-electron chi connectivity index (χ2n) is 5.80. The van der Waals surface area contributed by atoms with Gasteiger partial charge in [-0.05, 0) is 29.5 Å². The van der Waals surface area contributed by atoms with Crippen LogP contribution in [-0.4, -0.2) is 26.6 Å². The zero-order valence-corrected chi connectivity index (χ0v) is 13.0. The summed E-state index contributed by atoms with van der Waals surface area (Å²) in [6.45, 7) is 6.61. The van der Waals surface area contributed by atoms with Crippen molar-refractivity contribution in [2.24, 2.45) is 5.14 Å². The molecule has 6 heteroatoms. The third kappa shape index (κ3) is 5.71. The Morgan fingerprint density at radius 2 is 1.75 bits per heavy atom. The maximum atomic E-state index is 11.8. The van der Waals surface area contributed by atoms with Crippen molar-refractivity contribution in [2.45, 2.75) is 32.6 Å². The van der Waals surface area contributed by atoms with E-state index in [2.05, 4.69) is 26.1 Å². The van der Waals surface area contributed by atoms with Gasteiger partial charge in [0.2, 0.25) is 10.0 Å². The lowest BCUT2D eigenvalue weighted by molar-refractivity contribution is 0.0953. The highest BCUT2D eigenvalue weighted by Crippen LogP contribution is 2.22. The third-order valence-electron chi connectivity index (χ3n) is 2.90. The molecule has 0 fully saturated rings. The first kappa shape index (κ1) is 16.7. The lowest BCUT2D eigenvalue weighted by Crippen LogP contribution is -2.27. The van der Waals surface area contributed by atoms with E-state index >= 15 is 0 Å². The Balaban J connectivity index is 2.52. The van der Waals surface area contributed by atoms with Crippen molar-refractivity contribution >= 4 is 15.9 Å². The van der Waals surface area contributed by atoms with Crippen molar-refractivity contribution in [1.29, 1.82) is 0 Å². The SMILES string of the molecule is CC(C)(C)c1ccc(C(=O)NCCCS(N)(=O)=O)cc1. The van der Waals surface area contributed by atoms with Crippen LogP contribution in [-0.2, 0) is 15.4 Å².